The number of piperazine rings is 1. The third-order valence-electron chi connectivity index (χ3n) is 5.51. The summed E-state index contributed by atoms with van der Waals surface area (Å²) in [5.74, 6) is 1.56. The number of methoxy groups -OCH3 is 2. The minimum absolute atomic E-state index is 0.117. The first kappa shape index (κ1) is 21.3. The summed E-state index contributed by atoms with van der Waals surface area (Å²) in [4.78, 5) is 21.9. The number of amides is 1. The lowest BCUT2D eigenvalue weighted by atomic mass is 10.1. The molecule has 0 bridgehead atoms. The molecule has 0 atom stereocenters. The Balaban J connectivity index is 1.31. The molecule has 3 aromatic rings. The van der Waals surface area contributed by atoms with Gasteiger partial charge in [0.05, 0.1) is 26.3 Å². The van der Waals surface area contributed by atoms with Crippen molar-refractivity contribution in [2.45, 2.75) is 13.0 Å². The molecule has 4 rings (SSSR count). The van der Waals surface area contributed by atoms with E-state index in [-0.39, 0.29) is 5.91 Å². The maximum absolute atomic E-state index is 12.9. The molecule has 1 aromatic heterocycles. The highest BCUT2D eigenvalue weighted by atomic mass is 32.1. The zero-order valence-electron chi connectivity index (χ0n) is 17.9. The van der Waals surface area contributed by atoms with E-state index in [4.69, 9.17) is 14.5 Å². The summed E-state index contributed by atoms with van der Waals surface area (Å²) >= 11 is 1.68. The van der Waals surface area contributed by atoms with Gasteiger partial charge >= 0.3 is 0 Å². The van der Waals surface area contributed by atoms with Gasteiger partial charge in [0.25, 0.3) is 0 Å². The van der Waals surface area contributed by atoms with Gasteiger partial charge in [-0.15, -0.1) is 11.3 Å². The highest BCUT2D eigenvalue weighted by molar-refractivity contribution is 7.13. The van der Waals surface area contributed by atoms with Gasteiger partial charge in [-0.25, -0.2) is 4.98 Å². The second-order valence-electron chi connectivity index (χ2n) is 7.52. The molecule has 2 aromatic carbocycles. The highest BCUT2D eigenvalue weighted by Gasteiger charge is 2.23. The van der Waals surface area contributed by atoms with E-state index in [0.29, 0.717) is 12.2 Å². The van der Waals surface area contributed by atoms with Crippen LogP contribution < -0.4 is 9.47 Å². The normalized spacial score (nSPS) is 14.5. The van der Waals surface area contributed by atoms with Crippen LogP contribution >= 0.6 is 11.3 Å². The molecule has 1 saturated heterocycles. The third kappa shape index (κ3) is 5.24. The van der Waals surface area contributed by atoms with Crippen LogP contribution in [-0.4, -0.2) is 61.1 Å². The number of carbonyl (C=O) groups excluding carboxylic acids is 1. The predicted octanol–water partition coefficient (Wildman–Crippen LogP) is 3.71. The van der Waals surface area contributed by atoms with Crippen LogP contribution in [0.4, 0.5) is 0 Å². The molecule has 0 spiro atoms. The average Bonchev–Trinajstić information content (AvgIpc) is 3.28. The van der Waals surface area contributed by atoms with Crippen LogP contribution in [0, 0.1) is 0 Å². The van der Waals surface area contributed by atoms with E-state index in [1.165, 1.54) is 0 Å². The van der Waals surface area contributed by atoms with E-state index < -0.39 is 0 Å². The summed E-state index contributed by atoms with van der Waals surface area (Å²) in [5, 5.41) is 3.19. The summed E-state index contributed by atoms with van der Waals surface area (Å²) < 4.78 is 10.7. The number of nitrogens with zero attached hydrogens (tertiary/aromatic N) is 3. The van der Waals surface area contributed by atoms with Gasteiger partial charge in [-0.1, -0.05) is 30.3 Å². The zero-order valence-corrected chi connectivity index (χ0v) is 18.7. The molecule has 0 saturated carbocycles. The first-order valence-corrected chi connectivity index (χ1v) is 11.2. The summed E-state index contributed by atoms with van der Waals surface area (Å²) in [6, 6.07) is 15.8. The van der Waals surface area contributed by atoms with Crippen molar-refractivity contribution in [3.8, 4) is 22.1 Å². The lowest BCUT2D eigenvalue weighted by Crippen LogP contribution is -2.48. The Bertz CT molecular complexity index is 1010. The quantitative estimate of drug-likeness (QED) is 0.564. The molecule has 1 aliphatic heterocycles. The van der Waals surface area contributed by atoms with Crippen LogP contribution in [-0.2, 0) is 17.8 Å². The Hall–Kier alpha value is -2.90. The van der Waals surface area contributed by atoms with Gasteiger partial charge < -0.3 is 14.4 Å². The molecule has 162 valence electrons. The molecule has 1 fully saturated rings. The van der Waals surface area contributed by atoms with E-state index >= 15 is 0 Å². The zero-order chi connectivity index (χ0) is 21.6. The first-order valence-electron chi connectivity index (χ1n) is 10.4. The number of thiazole rings is 1. The van der Waals surface area contributed by atoms with Crippen molar-refractivity contribution in [1.82, 2.24) is 14.8 Å². The lowest BCUT2D eigenvalue weighted by Gasteiger charge is -2.34. The van der Waals surface area contributed by atoms with Gasteiger partial charge in [0.1, 0.15) is 16.5 Å². The van der Waals surface area contributed by atoms with Gasteiger partial charge in [0.15, 0.2) is 0 Å². The second-order valence-corrected chi connectivity index (χ2v) is 8.38. The molecule has 0 aliphatic carbocycles. The van der Waals surface area contributed by atoms with Gasteiger partial charge in [0, 0.05) is 49.2 Å². The number of aromatic nitrogens is 1. The Labute approximate surface area is 187 Å². The van der Waals surface area contributed by atoms with Crippen LogP contribution in [0.5, 0.6) is 11.5 Å². The van der Waals surface area contributed by atoms with Crippen LogP contribution in [0.25, 0.3) is 10.6 Å². The summed E-state index contributed by atoms with van der Waals surface area (Å²) in [7, 11) is 3.24. The molecule has 7 heteroatoms. The fourth-order valence-corrected chi connectivity index (χ4v) is 4.59. The molecule has 0 radical (unpaired) electrons. The Morgan fingerprint density at radius 2 is 1.81 bits per heavy atom. The number of hydrogen-bond acceptors (Lipinski definition) is 6. The van der Waals surface area contributed by atoms with E-state index in [0.717, 1.165) is 60.3 Å². The minimum Gasteiger partial charge on any atom is -0.497 e. The lowest BCUT2D eigenvalue weighted by molar-refractivity contribution is -0.132. The topological polar surface area (TPSA) is 54.9 Å². The average molecular weight is 438 g/mol. The molecule has 1 aliphatic rings. The number of carbonyl (C=O) groups is 1. The minimum atomic E-state index is 0.117. The van der Waals surface area contributed by atoms with Crippen molar-refractivity contribution in [3.63, 3.8) is 0 Å². The van der Waals surface area contributed by atoms with E-state index in [1.807, 2.05) is 41.3 Å². The van der Waals surface area contributed by atoms with Gasteiger partial charge in [-0.2, -0.15) is 0 Å². The van der Waals surface area contributed by atoms with E-state index in [1.54, 1.807) is 25.6 Å². The summed E-state index contributed by atoms with van der Waals surface area (Å²) in [6.07, 6.45) is 0.312. The van der Waals surface area contributed by atoms with Crippen molar-refractivity contribution in [2.75, 3.05) is 40.4 Å². The molecule has 0 unspecified atom stereocenters. The summed E-state index contributed by atoms with van der Waals surface area (Å²) in [5.41, 5.74) is 3.09. The van der Waals surface area contributed by atoms with Crippen LogP contribution in [0.15, 0.2) is 53.9 Å². The SMILES string of the molecule is COc1ccc(OC)c(CC(=O)N2CCN(Cc3csc(-c4ccccc4)n3)CC2)c1. The molecule has 31 heavy (non-hydrogen) atoms. The summed E-state index contributed by atoms with van der Waals surface area (Å²) in [6.45, 7) is 3.95. The van der Waals surface area contributed by atoms with Crippen LogP contribution in [0.1, 0.15) is 11.3 Å². The van der Waals surface area contributed by atoms with Crippen molar-refractivity contribution in [1.29, 1.82) is 0 Å². The molecule has 6 nitrogen and oxygen atoms in total. The maximum Gasteiger partial charge on any atom is 0.227 e. The van der Waals surface area contributed by atoms with Crippen LogP contribution in [0.3, 0.4) is 0 Å². The predicted molar refractivity (Wildman–Crippen MR) is 123 cm³/mol. The maximum atomic E-state index is 12.9. The molecular weight excluding hydrogens is 410 g/mol. The largest absolute Gasteiger partial charge is 0.497 e. The van der Waals surface area contributed by atoms with Crippen LogP contribution in [0.2, 0.25) is 0 Å². The van der Waals surface area contributed by atoms with E-state index in [9.17, 15) is 4.79 Å². The number of benzene rings is 2. The Morgan fingerprint density at radius 3 is 2.52 bits per heavy atom. The number of ether oxygens (including phenoxy) is 2. The number of rotatable bonds is 7. The molecule has 1 amide bonds. The highest BCUT2D eigenvalue weighted by Crippen LogP contribution is 2.26. The van der Waals surface area contributed by atoms with Gasteiger partial charge in [-0.3, -0.25) is 9.69 Å². The Kier molecular flexibility index (Phi) is 6.84. The van der Waals surface area contributed by atoms with Crippen molar-refractivity contribution in [2.24, 2.45) is 0 Å². The molecular formula is C24H27N3O3S. The van der Waals surface area contributed by atoms with Crippen molar-refractivity contribution >= 4 is 17.2 Å². The first-order chi connectivity index (χ1) is 15.2. The second kappa shape index (κ2) is 9.94. The fourth-order valence-electron chi connectivity index (χ4n) is 3.77. The number of hydrogen-bond donors (Lipinski definition) is 0. The van der Waals surface area contributed by atoms with Gasteiger partial charge in [-0.05, 0) is 18.2 Å². The standard InChI is InChI=1S/C24H27N3O3S/c1-29-21-8-9-22(30-2)19(14-21)15-23(28)27-12-10-26(11-13-27)16-20-17-31-24(25-20)18-6-4-3-5-7-18/h3-9,14,17H,10-13,15-16H2,1-2H3. The fraction of sp³-hybridized carbons (Fsp3) is 0.333. The molecule has 2 heterocycles. The smallest absolute Gasteiger partial charge is 0.227 e. The monoisotopic (exact) mass is 437 g/mol. The van der Waals surface area contributed by atoms with Crippen molar-refractivity contribution < 1.29 is 14.3 Å². The Morgan fingerprint density at radius 1 is 1.03 bits per heavy atom. The molecule has 0 N–H and O–H groups in total. The van der Waals surface area contributed by atoms with Gasteiger partial charge in [0.2, 0.25) is 5.91 Å². The van der Waals surface area contributed by atoms with Crippen molar-refractivity contribution in [3.05, 3.63) is 65.2 Å². The van der Waals surface area contributed by atoms with E-state index in [2.05, 4.69) is 22.4 Å². The third-order valence-corrected chi connectivity index (χ3v) is 6.45.